The van der Waals surface area contributed by atoms with Crippen LogP contribution < -0.4 is 0 Å². The Morgan fingerprint density at radius 2 is 2.27 bits per heavy atom. The molecule has 4 heteroatoms. The Kier molecular flexibility index (Phi) is 3.70. The van der Waals surface area contributed by atoms with Gasteiger partial charge >= 0.3 is 5.97 Å². The Morgan fingerprint density at radius 3 is 2.80 bits per heavy atom. The predicted molar refractivity (Wildman–Crippen MR) is 56.6 cm³/mol. The molecule has 3 nitrogen and oxygen atoms in total. The molecule has 0 saturated carbocycles. The van der Waals surface area contributed by atoms with Gasteiger partial charge in [-0.1, -0.05) is 11.6 Å². The third kappa shape index (κ3) is 2.71. The fourth-order valence-corrected chi connectivity index (χ4v) is 1.48. The smallest absolute Gasteiger partial charge is 0.309 e. The van der Waals surface area contributed by atoms with Crippen molar-refractivity contribution in [1.29, 1.82) is 5.26 Å². The monoisotopic (exact) mass is 223 g/mol. The number of carbonyl (C=O) groups excluding carboxylic acids is 1. The minimum absolute atomic E-state index is 0.161. The highest BCUT2D eigenvalue weighted by atomic mass is 35.5. The van der Waals surface area contributed by atoms with E-state index in [2.05, 4.69) is 4.74 Å². The lowest BCUT2D eigenvalue weighted by atomic mass is 10.0. The number of carbonyl (C=O) groups is 1. The number of halogens is 1. The molecule has 0 N–H and O–H groups in total. The predicted octanol–water partition coefficient (Wildman–Crippen LogP) is 2.24. The lowest BCUT2D eigenvalue weighted by molar-refractivity contribution is -0.139. The molecule has 0 aliphatic rings. The van der Waals surface area contributed by atoms with Crippen LogP contribution >= 0.6 is 11.6 Å². The SMILES string of the molecule is COC(=O)Cc1cc(C#N)c(Cl)cc1C. The lowest BCUT2D eigenvalue weighted by Gasteiger charge is -2.06. The molecule has 0 atom stereocenters. The molecule has 0 unspecified atom stereocenters. The van der Waals surface area contributed by atoms with Crippen LogP contribution in [-0.4, -0.2) is 13.1 Å². The van der Waals surface area contributed by atoms with Crippen LogP contribution in [0.1, 0.15) is 16.7 Å². The molecule has 0 amide bonds. The van der Waals surface area contributed by atoms with Crippen LogP contribution in [0.15, 0.2) is 12.1 Å². The molecule has 0 aromatic heterocycles. The molecule has 0 radical (unpaired) electrons. The highest BCUT2D eigenvalue weighted by molar-refractivity contribution is 6.31. The fourth-order valence-electron chi connectivity index (χ4n) is 1.22. The van der Waals surface area contributed by atoms with Crippen LogP contribution in [0, 0.1) is 18.3 Å². The molecule has 0 fully saturated rings. The quantitative estimate of drug-likeness (QED) is 0.723. The zero-order valence-corrected chi connectivity index (χ0v) is 9.26. The van der Waals surface area contributed by atoms with Crippen molar-refractivity contribution < 1.29 is 9.53 Å². The van der Waals surface area contributed by atoms with E-state index in [0.717, 1.165) is 11.1 Å². The maximum absolute atomic E-state index is 11.1. The third-order valence-corrected chi connectivity index (χ3v) is 2.42. The first-order chi connectivity index (χ1) is 7.08. The highest BCUT2D eigenvalue weighted by Crippen LogP contribution is 2.21. The van der Waals surface area contributed by atoms with Gasteiger partial charge in [0.25, 0.3) is 0 Å². The Hall–Kier alpha value is -1.53. The van der Waals surface area contributed by atoms with Gasteiger partial charge in [0.05, 0.1) is 24.1 Å². The van der Waals surface area contributed by atoms with Crippen molar-refractivity contribution in [2.75, 3.05) is 7.11 Å². The molecule has 0 bridgehead atoms. The fraction of sp³-hybridized carbons (Fsp3) is 0.273. The van der Waals surface area contributed by atoms with Crippen molar-refractivity contribution in [2.45, 2.75) is 13.3 Å². The zero-order chi connectivity index (χ0) is 11.4. The van der Waals surface area contributed by atoms with Gasteiger partial charge in [-0.15, -0.1) is 0 Å². The molecule has 0 heterocycles. The minimum atomic E-state index is -0.329. The molecular formula is C11H10ClNO2. The van der Waals surface area contributed by atoms with Gasteiger partial charge in [0.2, 0.25) is 0 Å². The molecule has 15 heavy (non-hydrogen) atoms. The Labute approximate surface area is 93.2 Å². The first-order valence-corrected chi connectivity index (χ1v) is 4.72. The molecule has 0 spiro atoms. The van der Waals surface area contributed by atoms with Gasteiger partial charge in [0.1, 0.15) is 6.07 Å². The van der Waals surface area contributed by atoms with Gasteiger partial charge in [-0.05, 0) is 30.2 Å². The van der Waals surface area contributed by atoms with E-state index in [-0.39, 0.29) is 12.4 Å². The number of methoxy groups -OCH3 is 1. The van der Waals surface area contributed by atoms with Crippen molar-refractivity contribution in [2.24, 2.45) is 0 Å². The second-order valence-corrected chi connectivity index (χ2v) is 3.53. The number of hydrogen-bond donors (Lipinski definition) is 0. The number of hydrogen-bond acceptors (Lipinski definition) is 3. The van der Waals surface area contributed by atoms with Gasteiger partial charge in [0, 0.05) is 0 Å². The van der Waals surface area contributed by atoms with Crippen molar-refractivity contribution in [1.82, 2.24) is 0 Å². The van der Waals surface area contributed by atoms with Gasteiger partial charge < -0.3 is 4.74 Å². The van der Waals surface area contributed by atoms with Crippen molar-refractivity contribution in [3.05, 3.63) is 33.8 Å². The van der Waals surface area contributed by atoms with E-state index < -0.39 is 0 Å². The standard InChI is InChI=1S/C11H10ClNO2/c1-7-3-10(12)9(6-13)4-8(7)5-11(14)15-2/h3-4H,5H2,1-2H3. The van der Waals surface area contributed by atoms with E-state index in [1.807, 2.05) is 13.0 Å². The van der Waals surface area contributed by atoms with E-state index in [0.29, 0.717) is 10.6 Å². The van der Waals surface area contributed by atoms with Crippen LogP contribution in [0.4, 0.5) is 0 Å². The lowest BCUT2D eigenvalue weighted by Crippen LogP contribution is -2.06. The summed E-state index contributed by atoms with van der Waals surface area (Å²) < 4.78 is 4.56. The van der Waals surface area contributed by atoms with Gasteiger partial charge in [-0.3, -0.25) is 4.79 Å². The van der Waals surface area contributed by atoms with Gasteiger partial charge in [-0.2, -0.15) is 5.26 Å². The van der Waals surface area contributed by atoms with Crippen LogP contribution in [0.3, 0.4) is 0 Å². The summed E-state index contributed by atoms with van der Waals surface area (Å²) in [6.07, 6.45) is 0.161. The zero-order valence-electron chi connectivity index (χ0n) is 8.50. The third-order valence-electron chi connectivity index (χ3n) is 2.11. The number of ether oxygens (including phenoxy) is 1. The second kappa shape index (κ2) is 4.81. The number of nitriles is 1. The van der Waals surface area contributed by atoms with Gasteiger partial charge in [0.15, 0.2) is 0 Å². The summed E-state index contributed by atoms with van der Waals surface area (Å²) >= 11 is 5.83. The molecule has 0 aliphatic carbocycles. The van der Waals surface area contributed by atoms with E-state index in [1.165, 1.54) is 7.11 Å². The molecular weight excluding hydrogens is 214 g/mol. The Morgan fingerprint density at radius 1 is 1.60 bits per heavy atom. The summed E-state index contributed by atoms with van der Waals surface area (Å²) in [6.45, 7) is 1.84. The number of rotatable bonds is 2. The maximum Gasteiger partial charge on any atom is 0.309 e. The first-order valence-electron chi connectivity index (χ1n) is 4.34. The van der Waals surface area contributed by atoms with Crippen molar-refractivity contribution in [3.63, 3.8) is 0 Å². The topological polar surface area (TPSA) is 50.1 Å². The summed E-state index contributed by atoms with van der Waals surface area (Å²) in [6, 6.07) is 5.27. The first kappa shape index (κ1) is 11.5. The number of benzene rings is 1. The average molecular weight is 224 g/mol. The largest absolute Gasteiger partial charge is 0.469 e. The summed E-state index contributed by atoms with van der Waals surface area (Å²) in [7, 11) is 1.33. The maximum atomic E-state index is 11.1. The normalized spacial score (nSPS) is 9.47. The molecule has 1 aromatic carbocycles. The summed E-state index contributed by atoms with van der Waals surface area (Å²) in [4.78, 5) is 11.1. The van der Waals surface area contributed by atoms with Gasteiger partial charge in [-0.25, -0.2) is 0 Å². The van der Waals surface area contributed by atoms with E-state index in [9.17, 15) is 4.79 Å². The molecule has 1 rings (SSSR count). The van der Waals surface area contributed by atoms with Crippen LogP contribution in [-0.2, 0) is 16.0 Å². The highest BCUT2D eigenvalue weighted by Gasteiger charge is 2.09. The van der Waals surface area contributed by atoms with E-state index >= 15 is 0 Å². The Balaban J connectivity index is 3.09. The number of esters is 1. The van der Waals surface area contributed by atoms with Crippen molar-refractivity contribution >= 4 is 17.6 Å². The molecule has 78 valence electrons. The minimum Gasteiger partial charge on any atom is -0.469 e. The van der Waals surface area contributed by atoms with Crippen LogP contribution in [0.25, 0.3) is 0 Å². The van der Waals surface area contributed by atoms with Crippen LogP contribution in [0.5, 0.6) is 0 Å². The molecule has 0 saturated heterocycles. The van der Waals surface area contributed by atoms with E-state index in [1.54, 1.807) is 12.1 Å². The molecule has 0 aliphatic heterocycles. The van der Waals surface area contributed by atoms with Crippen molar-refractivity contribution in [3.8, 4) is 6.07 Å². The second-order valence-electron chi connectivity index (χ2n) is 3.12. The summed E-state index contributed by atoms with van der Waals surface area (Å²) in [5.41, 5.74) is 2.02. The van der Waals surface area contributed by atoms with Crippen LogP contribution in [0.2, 0.25) is 5.02 Å². The number of nitrogens with zero attached hydrogens (tertiary/aromatic N) is 1. The van der Waals surface area contributed by atoms with E-state index in [4.69, 9.17) is 16.9 Å². The number of aryl methyl sites for hydroxylation is 1. The average Bonchev–Trinajstić information content (AvgIpc) is 2.21. The Bertz CT molecular complexity index is 435. The molecule has 1 aromatic rings. The summed E-state index contributed by atoms with van der Waals surface area (Å²) in [5, 5.41) is 9.18. The summed E-state index contributed by atoms with van der Waals surface area (Å²) in [5.74, 6) is -0.329.